The molecule has 0 amide bonds. The van der Waals surface area contributed by atoms with Gasteiger partial charge in [0.25, 0.3) is 0 Å². The minimum Gasteiger partial charge on any atom is -0.289 e. The highest BCUT2D eigenvalue weighted by Gasteiger charge is 2.35. The summed E-state index contributed by atoms with van der Waals surface area (Å²) in [7, 11) is 0. The van der Waals surface area contributed by atoms with E-state index in [4.69, 9.17) is 0 Å². The van der Waals surface area contributed by atoms with Crippen LogP contribution in [0.5, 0.6) is 0 Å². The topological polar surface area (TPSA) is 17.1 Å². The number of rotatable bonds is 2. The molecule has 19 heavy (non-hydrogen) atoms. The first kappa shape index (κ1) is 14.0. The normalized spacial score (nSPS) is 11.4. The number of benzene rings is 2. The number of carbonyl (C=O) groups excluding carboxylic acids is 1. The molecule has 0 bridgehead atoms. The van der Waals surface area contributed by atoms with Crippen LogP contribution in [0.1, 0.15) is 21.5 Å². The van der Waals surface area contributed by atoms with Crippen LogP contribution < -0.4 is 0 Å². The van der Waals surface area contributed by atoms with Crippen LogP contribution in [0.2, 0.25) is 0 Å². The second-order valence-corrected chi connectivity index (χ2v) is 5.01. The summed E-state index contributed by atoms with van der Waals surface area (Å²) >= 11 is 1.93. The summed E-state index contributed by atoms with van der Waals surface area (Å²) in [4.78, 5) is 12.2. The van der Waals surface area contributed by atoms with Crippen LogP contribution in [0.15, 0.2) is 48.5 Å². The summed E-state index contributed by atoms with van der Waals surface area (Å²) in [6.07, 6.45) is -4.54. The van der Waals surface area contributed by atoms with E-state index in [0.717, 1.165) is 6.07 Å². The van der Waals surface area contributed by atoms with Crippen molar-refractivity contribution in [2.24, 2.45) is 0 Å². The smallest absolute Gasteiger partial charge is 0.289 e. The molecule has 0 radical (unpaired) electrons. The van der Waals surface area contributed by atoms with Crippen molar-refractivity contribution in [3.05, 3.63) is 68.8 Å². The SMILES string of the molecule is O=C(c1ccccc1I)c1ccccc1C(F)(F)F. The standard InChI is InChI=1S/C14H8F3IO/c15-14(16,17)11-7-3-1-5-9(11)13(19)10-6-2-4-8-12(10)18/h1-8H. The highest BCUT2D eigenvalue weighted by Crippen LogP contribution is 2.33. The van der Waals surface area contributed by atoms with Crippen LogP contribution in [-0.2, 0) is 6.18 Å². The van der Waals surface area contributed by atoms with Crippen molar-refractivity contribution in [1.82, 2.24) is 0 Å². The zero-order chi connectivity index (χ0) is 14.0. The van der Waals surface area contributed by atoms with Crippen molar-refractivity contribution < 1.29 is 18.0 Å². The van der Waals surface area contributed by atoms with Gasteiger partial charge in [-0.3, -0.25) is 4.79 Å². The molecule has 5 heteroatoms. The van der Waals surface area contributed by atoms with Gasteiger partial charge in [-0.25, -0.2) is 0 Å². The summed E-state index contributed by atoms with van der Waals surface area (Å²) < 4.78 is 39.2. The Hall–Kier alpha value is -1.37. The molecule has 0 N–H and O–H groups in total. The Morgan fingerprint density at radius 1 is 0.895 bits per heavy atom. The van der Waals surface area contributed by atoms with Gasteiger partial charge in [-0.05, 0) is 40.8 Å². The minimum absolute atomic E-state index is 0.278. The number of halogens is 4. The lowest BCUT2D eigenvalue weighted by molar-refractivity contribution is -0.137. The number of carbonyl (C=O) groups is 1. The molecule has 1 nitrogen and oxygen atoms in total. The Morgan fingerprint density at radius 3 is 2.00 bits per heavy atom. The second kappa shape index (κ2) is 5.32. The largest absolute Gasteiger partial charge is 0.417 e. The van der Waals surface area contributed by atoms with E-state index >= 15 is 0 Å². The highest BCUT2D eigenvalue weighted by molar-refractivity contribution is 14.1. The third kappa shape index (κ3) is 2.97. The molecule has 98 valence electrons. The van der Waals surface area contributed by atoms with E-state index in [0.29, 0.717) is 3.57 Å². The molecule has 0 unspecified atom stereocenters. The van der Waals surface area contributed by atoms with Crippen molar-refractivity contribution in [2.75, 3.05) is 0 Å². The third-order valence-electron chi connectivity index (χ3n) is 2.60. The predicted molar refractivity (Wildman–Crippen MR) is 74.0 cm³/mol. The van der Waals surface area contributed by atoms with Crippen molar-refractivity contribution in [2.45, 2.75) is 6.18 Å². The lowest BCUT2D eigenvalue weighted by Gasteiger charge is -2.12. The molecule has 0 atom stereocenters. The Balaban J connectivity index is 2.55. The maximum absolute atomic E-state index is 12.9. The number of ketones is 1. The van der Waals surface area contributed by atoms with E-state index in [9.17, 15) is 18.0 Å². The molecule has 2 aromatic carbocycles. The molecule has 0 saturated carbocycles. The van der Waals surface area contributed by atoms with Crippen LogP contribution in [0.25, 0.3) is 0 Å². The van der Waals surface area contributed by atoms with Crippen LogP contribution in [0, 0.1) is 3.57 Å². The molecule has 0 heterocycles. The Kier molecular flexibility index (Phi) is 3.93. The quantitative estimate of drug-likeness (QED) is 0.556. The van der Waals surface area contributed by atoms with Gasteiger partial charge in [0.1, 0.15) is 0 Å². The van der Waals surface area contributed by atoms with Crippen LogP contribution in [-0.4, -0.2) is 5.78 Å². The summed E-state index contributed by atoms with van der Waals surface area (Å²) in [5.74, 6) is -0.613. The predicted octanol–water partition coefficient (Wildman–Crippen LogP) is 4.54. The monoisotopic (exact) mass is 376 g/mol. The number of alkyl halides is 3. The number of hydrogen-bond donors (Lipinski definition) is 0. The van der Waals surface area contributed by atoms with Gasteiger partial charge >= 0.3 is 6.18 Å². The Bertz CT molecular complexity index is 620. The van der Waals surface area contributed by atoms with E-state index < -0.39 is 17.5 Å². The molecular weight excluding hydrogens is 368 g/mol. The molecule has 2 rings (SSSR count). The summed E-state index contributed by atoms with van der Waals surface area (Å²) in [6.45, 7) is 0. The molecule has 0 aliphatic rings. The first-order chi connectivity index (χ1) is 8.91. The first-order valence-electron chi connectivity index (χ1n) is 5.36. The van der Waals surface area contributed by atoms with Crippen LogP contribution in [0.4, 0.5) is 13.2 Å². The van der Waals surface area contributed by atoms with E-state index in [1.807, 2.05) is 22.6 Å². The molecular formula is C14H8F3IO. The fourth-order valence-electron chi connectivity index (χ4n) is 1.72. The highest BCUT2D eigenvalue weighted by atomic mass is 127. The van der Waals surface area contributed by atoms with E-state index in [2.05, 4.69) is 0 Å². The zero-order valence-corrected chi connectivity index (χ0v) is 11.7. The van der Waals surface area contributed by atoms with Crippen LogP contribution in [0.3, 0.4) is 0 Å². The molecule has 0 aliphatic heterocycles. The van der Waals surface area contributed by atoms with Gasteiger partial charge in [-0.2, -0.15) is 13.2 Å². The molecule has 0 aliphatic carbocycles. The van der Waals surface area contributed by atoms with Crippen LogP contribution >= 0.6 is 22.6 Å². The lowest BCUT2D eigenvalue weighted by atomic mass is 9.98. The summed E-state index contributed by atoms with van der Waals surface area (Å²) in [5.41, 5.74) is -0.946. The van der Waals surface area contributed by atoms with Gasteiger partial charge in [-0.1, -0.05) is 30.3 Å². The average molecular weight is 376 g/mol. The first-order valence-corrected chi connectivity index (χ1v) is 6.44. The van der Waals surface area contributed by atoms with Gasteiger partial charge in [-0.15, -0.1) is 0 Å². The third-order valence-corrected chi connectivity index (χ3v) is 3.54. The molecule has 0 fully saturated rings. The average Bonchev–Trinajstić information content (AvgIpc) is 2.37. The summed E-state index contributed by atoms with van der Waals surface area (Å²) in [6, 6.07) is 11.4. The van der Waals surface area contributed by atoms with E-state index in [1.165, 1.54) is 24.3 Å². The minimum atomic E-state index is -4.54. The van der Waals surface area contributed by atoms with Gasteiger partial charge in [0.05, 0.1) is 5.56 Å². The molecule has 0 aromatic heterocycles. The van der Waals surface area contributed by atoms with E-state index in [1.54, 1.807) is 18.2 Å². The van der Waals surface area contributed by atoms with Crippen molar-refractivity contribution in [3.8, 4) is 0 Å². The molecule has 0 saturated heterocycles. The van der Waals surface area contributed by atoms with Crippen molar-refractivity contribution >= 4 is 28.4 Å². The Morgan fingerprint density at radius 2 is 1.42 bits per heavy atom. The van der Waals surface area contributed by atoms with Crippen molar-refractivity contribution in [3.63, 3.8) is 0 Å². The maximum Gasteiger partial charge on any atom is 0.417 e. The van der Waals surface area contributed by atoms with Gasteiger partial charge in [0.2, 0.25) is 0 Å². The second-order valence-electron chi connectivity index (χ2n) is 3.85. The van der Waals surface area contributed by atoms with Gasteiger partial charge in [0.15, 0.2) is 5.78 Å². The zero-order valence-electron chi connectivity index (χ0n) is 9.54. The lowest BCUT2D eigenvalue weighted by Crippen LogP contribution is -2.14. The molecule has 2 aromatic rings. The van der Waals surface area contributed by atoms with Gasteiger partial charge in [0, 0.05) is 14.7 Å². The van der Waals surface area contributed by atoms with Gasteiger partial charge < -0.3 is 0 Å². The molecule has 0 spiro atoms. The summed E-state index contributed by atoms with van der Waals surface area (Å²) in [5, 5.41) is 0. The van der Waals surface area contributed by atoms with Crippen molar-refractivity contribution in [1.29, 1.82) is 0 Å². The Labute approximate surface area is 121 Å². The maximum atomic E-state index is 12.9. The van der Waals surface area contributed by atoms with E-state index in [-0.39, 0.29) is 11.1 Å². The fourth-order valence-corrected chi connectivity index (χ4v) is 2.35. The fraction of sp³-hybridized carbons (Fsp3) is 0.0714. The number of hydrogen-bond acceptors (Lipinski definition) is 1.